The van der Waals surface area contributed by atoms with Gasteiger partial charge >= 0.3 is 5.97 Å². The molecule has 0 N–H and O–H groups in total. The second kappa shape index (κ2) is 2.03. The molecule has 5 atom stereocenters. The molecular formula is C10H10O3. The first kappa shape index (κ1) is 7.30. The zero-order valence-corrected chi connectivity index (χ0v) is 7.10. The highest BCUT2D eigenvalue weighted by atomic mass is 16.5. The van der Waals surface area contributed by atoms with Crippen molar-refractivity contribution in [2.24, 2.45) is 29.6 Å². The lowest BCUT2D eigenvalue weighted by molar-refractivity contribution is -0.145. The lowest BCUT2D eigenvalue weighted by atomic mass is 9.98. The average Bonchev–Trinajstić information content (AvgIpc) is 2.40. The minimum atomic E-state index is -0.249. The van der Waals surface area contributed by atoms with E-state index < -0.39 is 0 Å². The Balaban J connectivity index is 1.85. The van der Waals surface area contributed by atoms with Crippen LogP contribution in [0.2, 0.25) is 0 Å². The Bertz CT molecular complexity index is 320. The van der Waals surface area contributed by atoms with E-state index in [1.165, 1.54) is 0 Å². The van der Waals surface area contributed by atoms with Crippen LogP contribution in [-0.2, 0) is 14.3 Å². The Morgan fingerprint density at radius 3 is 2.77 bits per heavy atom. The number of hydrogen-bond donors (Lipinski definition) is 0. The average molecular weight is 178 g/mol. The molecule has 4 saturated carbocycles. The molecule has 0 aliphatic heterocycles. The quantitative estimate of drug-likeness (QED) is 0.463. The van der Waals surface area contributed by atoms with Gasteiger partial charge < -0.3 is 4.74 Å². The van der Waals surface area contributed by atoms with Crippen LogP contribution in [0.4, 0.5) is 0 Å². The molecule has 0 amide bonds. The smallest absolute Gasteiger partial charge is 0.314 e. The molecule has 0 aromatic carbocycles. The molecule has 3 nitrogen and oxygen atoms in total. The van der Waals surface area contributed by atoms with Gasteiger partial charge in [0, 0.05) is 11.8 Å². The standard InChI is InChI=1S/C10H10O3/c1-2-13-10(12)8-5-3-4-6(8)7(4)9(5)11/h2,4-8H,1,3H2. The van der Waals surface area contributed by atoms with E-state index in [0.29, 0.717) is 17.6 Å². The zero-order chi connectivity index (χ0) is 9.16. The molecular weight excluding hydrogens is 168 g/mol. The number of hydrogen-bond acceptors (Lipinski definition) is 3. The maximum absolute atomic E-state index is 11.5. The number of esters is 1. The highest BCUT2D eigenvalue weighted by molar-refractivity contribution is 5.98. The second-order valence-electron chi connectivity index (χ2n) is 4.14. The Labute approximate surface area is 75.8 Å². The third kappa shape index (κ3) is 0.666. The summed E-state index contributed by atoms with van der Waals surface area (Å²) in [6, 6.07) is 0. The fourth-order valence-electron chi connectivity index (χ4n) is 3.33. The van der Waals surface area contributed by atoms with Crippen LogP contribution in [0.5, 0.6) is 0 Å². The minimum absolute atomic E-state index is 0.0209. The summed E-state index contributed by atoms with van der Waals surface area (Å²) in [4.78, 5) is 22.9. The van der Waals surface area contributed by atoms with E-state index in [1.807, 2.05) is 0 Å². The first-order chi connectivity index (χ1) is 6.25. The predicted molar refractivity (Wildman–Crippen MR) is 43.4 cm³/mol. The van der Waals surface area contributed by atoms with Crippen molar-refractivity contribution in [1.29, 1.82) is 0 Å². The summed E-state index contributed by atoms with van der Waals surface area (Å²) in [6.45, 7) is 3.34. The van der Waals surface area contributed by atoms with E-state index in [9.17, 15) is 9.59 Å². The molecule has 4 bridgehead atoms. The summed E-state index contributed by atoms with van der Waals surface area (Å²) in [5.41, 5.74) is 0. The number of carbonyl (C=O) groups is 2. The fraction of sp³-hybridized carbons (Fsp3) is 0.600. The monoisotopic (exact) mass is 178 g/mol. The molecule has 0 aromatic rings. The van der Waals surface area contributed by atoms with Gasteiger partial charge in [-0.15, -0.1) is 0 Å². The normalized spacial score (nSPS) is 49.2. The second-order valence-corrected chi connectivity index (χ2v) is 4.14. The molecule has 68 valence electrons. The van der Waals surface area contributed by atoms with Gasteiger partial charge in [0.2, 0.25) is 0 Å². The van der Waals surface area contributed by atoms with Crippen molar-refractivity contribution in [3.8, 4) is 0 Å². The molecule has 13 heavy (non-hydrogen) atoms. The van der Waals surface area contributed by atoms with E-state index >= 15 is 0 Å². The van der Waals surface area contributed by atoms with Gasteiger partial charge in [0.1, 0.15) is 5.78 Å². The number of ether oxygens (including phenoxy) is 1. The van der Waals surface area contributed by atoms with Gasteiger partial charge in [-0.1, -0.05) is 6.58 Å². The Morgan fingerprint density at radius 2 is 2.38 bits per heavy atom. The summed E-state index contributed by atoms with van der Waals surface area (Å²) in [7, 11) is 0. The van der Waals surface area contributed by atoms with Gasteiger partial charge in [0.25, 0.3) is 0 Å². The molecule has 0 aromatic heterocycles. The summed E-state index contributed by atoms with van der Waals surface area (Å²) >= 11 is 0. The molecule has 0 saturated heterocycles. The van der Waals surface area contributed by atoms with Gasteiger partial charge in [-0.2, -0.15) is 0 Å². The third-order valence-corrected chi connectivity index (χ3v) is 3.77. The van der Waals surface area contributed by atoms with Gasteiger partial charge in [-0.3, -0.25) is 9.59 Å². The van der Waals surface area contributed by atoms with Crippen molar-refractivity contribution in [2.45, 2.75) is 6.42 Å². The van der Waals surface area contributed by atoms with Crippen molar-refractivity contribution in [1.82, 2.24) is 0 Å². The van der Waals surface area contributed by atoms with Crippen LogP contribution in [0, 0.1) is 29.6 Å². The predicted octanol–water partition coefficient (Wildman–Crippen LogP) is 0.754. The third-order valence-electron chi connectivity index (χ3n) is 3.77. The highest BCUT2D eigenvalue weighted by Crippen LogP contribution is 2.71. The summed E-state index contributed by atoms with van der Waals surface area (Å²) in [5, 5.41) is 0. The summed E-state index contributed by atoms with van der Waals surface area (Å²) in [6.07, 6.45) is 2.07. The van der Waals surface area contributed by atoms with Crippen LogP contribution in [0.15, 0.2) is 12.8 Å². The van der Waals surface area contributed by atoms with Crippen molar-refractivity contribution in [3.63, 3.8) is 0 Å². The maximum Gasteiger partial charge on any atom is 0.314 e. The van der Waals surface area contributed by atoms with E-state index in [2.05, 4.69) is 6.58 Å². The van der Waals surface area contributed by atoms with E-state index in [0.717, 1.165) is 12.7 Å². The SMILES string of the molecule is C=COC(=O)C1C2CC3C(C2=O)C31. The molecule has 4 aliphatic carbocycles. The van der Waals surface area contributed by atoms with Crippen LogP contribution in [0.25, 0.3) is 0 Å². The van der Waals surface area contributed by atoms with Crippen molar-refractivity contribution in [2.75, 3.05) is 0 Å². The van der Waals surface area contributed by atoms with Crippen molar-refractivity contribution < 1.29 is 14.3 Å². The number of ketones is 1. The summed E-state index contributed by atoms with van der Waals surface area (Å²) in [5.74, 6) is 0.951. The largest absolute Gasteiger partial charge is 0.435 e. The Hall–Kier alpha value is -1.12. The van der Waals surface area contributed by atoms with Crippen LogP contribution < -0.4 is 0 Å². The van der Waals surface area contributed by atoms with Gasteiger partial charge in [0.15, 0.2) is 0 Å². The first-order valence-electron chi connectivity index (χ1n) is 4.61. The summed E-state index contributed by atoms with van der Waals surface area (Å²) < 4.78 is 4.74. The molecule has 3 heteroatoms. The molecule has 0 spiro atoms. The Morgan fingerprint density at radius 1 is 1.62 bits per heavy atom. The lowest BCUT2D eigenvalue weighted by Gasteiger charge is -2.09. The zero-order valence-electron chi connectivity index (χ0n) is 7.10. The first-order valence-corrected chi connectivity index (χ1v) is 4.61. The number of carbonyl (C=O) groups excluding carboxylic acids is 2. The van der Waals surface area contributed by atoms with E-state index in [-0.39, 0.29) is 23.7 Å². The lowest BCUT2D eigenvalue weighted by Crippen LogP contribution is -2.21. The van der Waals surface area contributed by atoms with Gasteiger partial charge in [-0.25, -0.2) is 0 Å². The van der Waals surface area contributed by atoms with Crippen molar-refractivity contribution in [3.05, 3.63) is 12.8 Å². The van der Waals surface area contributed by atoms with E-state index in [1.54, 1.807) is 0 Å². The molecule has 4 fully saturated rings. The van der Waals surface area contributed by atoms with Crippen LogP contribution in [0.3, 0.4) is 0 Å². The van der Waals surface area contributed by atoms with E-state index in [4.69, 9.17) is 4.74 Å². The molecule has 4 aliphatic rings. The fourth-order valence-corrected chi connectivity index (χ4v) is 3.33. The van der Waals surface area contributed by atoms with Crippen LogP contribution in [0.1, 0.15) is 6.42 Å². The topological polar surface area (TPSA) is 43.4 Å². The van der Waals surface area contributed by atoms with Crippen molar-refractivity contribution >= 4 is 11.8 Å². The van der Waals surface area contributed by atoms with Crippen LogP contribution >= 0.6 is 0 Å². The molecule has 0 heterocycles. The highest BCUT2D eigenvalue weighted by Gasteiger charge is 2.75. The van der Waals surface area contributed by atoms with Gasteiger partial charge in [-0.05, 0) is 18.3 Å². The minimum Gasteiger partial charge on any atom is -0.435 e. The Kier molecular flexibility index (Phi) is 1.14. The maximum atomic E-state index is 11.5. The number of Topliss-reactive ketones (excluding diaryl/α,β-unsaturated/α-hetero) is 1. The molecule has 5 unspecified atom stereocenters. The molecule has 4 rings (SSSR count). The van der Waals surface area contributed by atoms with Gasteiger partial charge in [0.05, 0.1) is 12.2 Å². The van der Waals surface area contributed by atoms with Crippen LogP contribution in [-0.4, -0.2) is 11.8 Å². The molecule has 0 radical (unpaired) electrons. The number of rotatable bonds is 2.